The molecule has 0 unspecified atom stereocenters. The molecular formula is C25H33N5O3. The van der Waals surface area contributed by atoms with Crippen molar-refractivity contribution in [3.63, 3.8) is 0 Å². The number of hydrogen-bond donors (Lipinski definition) is 0. The van der Waals surface area contributed by atoms with Gasteiger partial charge in [0.25, 0.3) is 0 Å². The molecule has 1 aliphatic heterocycles. The number of rotatable bonds is 8. The maximum atomic E-state index is 5.57. The summed E-state index contributed by atoms with van der Waals surface area (Å²) in [7, 11) is 9.15. The number of hydrogen-bond acceptors (Lipinski definition) is 8. The molecule has 8 nitrogen and oxygen atoms in total. The lowest BCUT2D eigenvalue weighted by atomic mass is 10.1. The van der Waals surface area contributed by atoms with Gasteiger partial charge in [-0.15, -0.1) is 0 Å². The van der Waals surface area contributed by atoms with E-state index in [9.17, 15) is 0 Å². The Balaban J connectivity index is 1.66. The summed E-state index contributed by atoms with van der Waals surface area (Å²) >= 11 is 0. The Hall–Kier alpha value is -3.26. The second kappa shape index (κ2) is 10.1. The van der Waals surface area contributed by atoms with E-state index in [1.807, 2.05) is 24.3 Å². The first-order valence-electron chi connectivity index (χ1n) is 11.2. The highest BCUT2D eigenvalue weighted by atomic mass is 16.5. The van der Waals surface area contributed by atoms with Gasteiger partial charge in [-0.2, -0.15) is 0 Å². The third kappa shape index (κ3) is 4.90. The molecule has 1 aliphatic rings. The monoisotopic (exact) mass is 451 g/mol. The van der Waals surface area contributed by atoms with Gasteiger partial charge in [-0.25, -0.2) is 9.97 Å². The molecule has 0 bridgehead atoms. The standard InChI is InChI=1S/C25H33N5O3/c1-28(2)11-10-24-26-19-17-23(33-5)22(32-4)16-18(19)25(27-24)30-14-12-29(13-15-30)20-8-6-7-9-21(20)31-3/h6-9,16-17H,10-15H2,1-5H3. The maximum absolute atomic E-state index is 5.57. The molecule has 0 amide bonds. The second-order valence-electron chi connectivity index (χ2n) is 8.39. The number of nitrogens with zero attached hydrogens (tertiary/aromatic N) is 5. The fraction of sp³-hybridized carbons (Fsp3) is 0.440. The van der Waals surface area contributed by atoms with Crippen LogP contribution in [0.2, 0.25) is 0 Å². The third-order valence-corrected chi connectivity index (χ3v) is 6.01. The van der Waals surface area contributed by atoms with Gasteiger partial charge in [0.1, 0.15) is 17.4 Å². The van der Waals surface area contributed by atoms with E-state index >= 15 is 0 Å². The minimum Gasteiger partial charge on any atom is -0.495 e. The highest BCUT2D eigenvalue weighted by Gasteiger charge is 2.23. The Labute approximate surface area is 195 Å². The first-order chi connectivity index (χ1) is 16.0. The highest BCUT2D eigenvalue weighted by molar-refractivity contribution is 5.92. The van der Waals surface area contributed by atoms with Crippen LogP contribution in [0.5, 0.6) is 17.2 Å². The zero-order valence-corrected chi connectivity index (χ0v) is 20.2. The lowest BCUT2D eigenvalue weighted by Crippen LogP contribution is -2.47. The molecule has 0 N–H and O–H groups in total. The van der Waals surface area contributed by atoms with Crippen molar-refractivity contribution < 1.29 is 14.2 Å². The molecule has 1 saturated heterocycles. The smallest absolute Gasteiger partial charge is 0.162 e. The Bertz CT molecular complexity index is 1100. The lowest BCUT2D eigenvalue weighted by Gasteiger charge is -2.37. The SMILES string of the molecule is COc1cc2nc(CCN(C)C)nc(N3CCN(c4ccccc4OC)CC3)c2cc1OC. The van der Waals surface area contributed by atoms with Crippen molar-refractivity contribution in [2.45, 2.75) is 6.42 Å². The molecule has 8 heteroatoms. The van der Waals surface area contributed by atoms with Crippen LogP contribution >= 0.6 is 0 Å². The summed E-state index contributed by atoms with van der Waals surface area (Å²) in [5.41, 5.74) is 2.00. The van der Waals surface area contributed by atoms with Crippen LogP contribution in [0.4, 0.5) is 11.5 Å². The summed E-state index contributed by atoms with van der Waals surface area (Å²) in [5, 5.41) is 0.979. The van der Waals surface area contributed by atoms with Crippen LogP contribution in [0.25, 0.3) is 10.9 Å². The lowest BCUT2D eigenvalue weighted by molar-refractivity contribution is 0.355. The molecule has 0 saturated carbocycles. The summed E-state index contributed by atoms with van der Waals surface area (Å²) < 4.78 is 16.7. The predicted molar refractivity (Wildman–Crippen MR) is 132 cm³/mol. The summed E-state index contributed by atoms with van der Waals surface area (Å²) in [6.07, 6.45) is 0.783. The summed E-state index contributed by atoms with van der Waals surface area (Å²) in [5.74, 6) is 4.05. The van der Waals surface area contributed by atoms with E-state index in [1.165, 1.54) is 0 Å². The number of benzene rings is 2. The maximum Gasteiger partial charge on any atom is 0.162 e. The van der Waals surface area contributed by atoms with Crippen LogP contribution in [0, 0.1) is 0 Å². The number of anilines is 2. The first kappa shape index (κ1) is 22.9. The molecule has 0 atom stereocenters. The molecule has 2 aromatic carbocycles. The van der Waals surface area contributed by atoms with E-state index in [1.54, 1.807) is 21.3 Å². The van der Waals surface area contributed by atoms with Crippen molar-refractivity contribution in [1.82, 2.24) is 14.9 Å². The van der Waals surface area contributed by atoms with Crippen molar-refractivity contribution in [3.8, 4) is 17.2 Å². The molecule has 0 radical (unpaired) electrons. The van der Waals surface area contributed by atoms with Crippen LogP contribution in [-0.2, 0) is 6.42 Å². The van der Waals surface area contributed by atoms with Gasteiger partial charge in [0.2, 0.25) is 0 Å². The van der Waals surface area contributed by atoms with Crippen molar-refractivity contribution >= 4 is 22.4 Å². The topological polar surface area (TPSA) is 63.2 Å². The number of ether oxygens (including phenoxy) is 3. The van der Waals surface area contributed by atoms with Crippen molar-refractivity contribution in [3.05, 3.63) is 42.2 Å². The Morgan fingerprint density at radius 3 is 2.12 bits per heavy atom. The molecule has 2 heterocycles. The number of para-hydroxylation sites is 2. The molecular weight excluding hydrogens is 418 g/mol. The average Bonchev–Trinajstić information content (AvgIpc) is 2.86. The highest BCUT2D eigenvalue weighted by Crippen LogP contribution is 2.36. The molecule has 1 aromatic heterocycles. The molecule has 176 valence electrons. The first-order valence-corrected chi connectivity index (χ1v) is 11.2. The van der Waals surface area contributed by atoms with Gasteiger partial charge in [-0.3, -0.25) is 0 Å². The average molecular weight is 452 g/mol. The Morgan fingerprint density at radius 1 is 0.818 bits per heavy atom. The van der Waals surface area contributed by atoms with E-state index in [-0.39, 0.29) is 0 Å². The molecule has 3 aromatic rings. The summed E-state index contributed by atoms with van der Waals surface area (Å²) in [6.45, 7) is 4.36. The van der Waals surface area contributed by atoms with E-state index in [4.69, 9.17) is 24.2 Å². The van der Waals surface area contributed by atoms with Gasteiger partial charge >= 0.3 is 0 Å². The van der Waals surface area contributed by atoms with Crippen molar-refractivity contribution in [2.75, 3.05) is 77.9 Å². The Morgan fingerprint density at radius 2 is 1.45 bits per heavy atom. The minimum atomic E-state index is 0.675. The van der Waals surface area contributed by atoms with Gasteiger partial charge in [-0.05, 0) is 32.3 Å². The zero-order chi connectivity index (χ0) is 23.4. The second-order valence-corrected chi connectivity index (χ2v) is 8.39. The number of fused-ring (bicyclic) bond motifs is 1. The number of methoxy groups -OCH3 is 3. The number of piperazine rings is 1. The molecule has 0 aliphatic carbocycles. The fourth-order valence-corrected chi connectivity index (χ4v) is 4.21. The van der Waals surface area contributed by atoms with Crippen LogP contribution in [0.3, 0.4) is 0 Å². The van der Waals surface area contributed by atoms with Gasteiger partial charge in [-0.1, -0.05) is 12.1 Å². The quantitative estimate of drug-likeness (QED) is 0.518. The third-order valence-electron chi connectivity index (χ3n) is 6.01. The molecule has 33 heavy (non-hydrogen) atoms. The zero-order valence-electron chi connectivity index (χ0n) is 20.2. The normalized spacial score (nSPS) is 14.1. The number of aromatic nitrogens is 2. The van der Waals surface area contributed by atoms with E-state index < -0.39 is 0 Å². The van der Waals surface area contributed by atoms with E-state index in [0.29, 0.717) is 11.5 Å². The van der Waals surface area contributed by atoms with Gasteiger partial charge in [0.05, 0.1) is 32.5 Å². The Kier molecular flexibility index (Phi) is 7.03. The van der Waals surface area contributed by atoms with E-state index in [0.717, 1.165) is 73.1 Å². The van der Waals surface area contributed by atoms with Gasteiger partial charge < -0.3 is 28.9 Å². The minimum absolute atomic E-state index is 0.675. The van der Waals surface area contributed by atoms with Crippen LogP contribution < -0.4 is 24.0 Å². The van der Waals surface area contributed by atoms with Crippen molar-refractivity contribution in [2.24, 2.45) is 0 Å². The fourth-order valence-electron chi connectivity index (χ4n) is 4.21. The predicted octanol–water partition coefficient (Wildman–Crippen LogP) is 3.09. The summed E-state index contributed by atoms with van der Waals surface area (Å²) in [4.78, 5) is 16.7. The summed E-state index contributed by atoms with van der Waals surface area (Å²) in [6, 6.07) is 12.1. The molecule has 4 rings (SSSR count). The molecule has 0 spiro atoms. The van der Waals surface area contributed by atoms with Crippen LogP contribution in [0.1, 0.15) is 5.82 Å². The van der Waals surface area contributed by atoms with Gasteiger partial charge in [0.15, 0.2) is 11.5 Å². The number of likely N-dealkylation sites (N-methyl/N-ethyl adjacent to an activating group) is 1. The van der Waals surface area contributed by atoms with Gasteiger partial charge in [0, 0.05) is 50.6 Å². The van der Waals surface area contributed by atoms with Crippen LogP contribution in [-0.4, -0.2) is 83.0 Å². The largest absolute Gasteiger partial charge is 0.495 e. The molecule has 1 fully saturated rings. The van der Waals surface area contributed by atoms with Crippen LogP contribution in [0.15, 0.2) is 36.4 Å². The van der Waals surface area contributed by atoms with Crippen molar-refractivity contribution in [1.29, 1.82) is 0 Å². The van der Waals surface area contributed by atoms with E-state index in [2.05, 4.69) is 40.9 Å².